The monoisotopic (exact) mass is 533 g/mol. The molecule has 3 aromatic rings. The number of imidazole rings is 1. The van der Waals surface area contributed by atoms with Crippen LogP contribution < -0.4 is 14.8 Å². The molecule has 188 valence electrons. The van der Waals surface area contributed by atoms with Gasteiger partial charge in [0.25, 0.3) is 11.8 Å². The Balaban J connectivity index is 1.50. The molecule has 1 aliphatic heterocycles. The van der Waals surface area contributed by atoms with Crippen LogP contribution in [0.25, 0.3) is 5.65 Å². The van der Waals surface area contributed by atoms with Gasteiger partial charge in [-0.15, -0.1) is 0 Å². The van der Waals surface area contributed by atoms with Gasteiger partial charge >= 0.3 is 6.18 Å². The summed E-state index contributed by atoms with van der Waals surface area (Å²) in [6.45, 7) is 0.211. The molecule has 0 bridgehead atoms. The number of aromatic nitrogens is 4. The predicted octanol–water partition coefficient (Wildman–Crippen LogP) is 3.21. The van der Waals surface area contributed by atoms with Gasteiger partial charge in [-0.1, -0.05) is 11.6 Å². The fourth-order valence-corrected chi connectivity index (χ4v) is 5.22. The Morgan fingerprint density at radius 3 is 2.63 bits per heavy atom. The van der Waals surface area contributed by atoms with Crippen molar-refractivity contribution >= 4 is 33.0 Å². The molecule has 1 saturated heterocycles. The van der Waals surface area contributed by atoms with Crippen molar-refractivity contribution in [2.24, 2.45) is 0 Å². The maximum absolute atomic E-state index is 12.7. The molecule has 0 unspecified atom stereocenters. The van der Waals surface area contributed by atoms with Gasteiger partial charge in [0.15, 0.2) is 18.0 Å². The highest BCUT2D eigenvalue weighted by atomic mass is 35.5. The zero-order chi connectivity index (χ0) is 25.4. The Morgan fingerprint density at radius 1 is 1.23 bits per heavy atom. The number of amides is 1. The van der Waals surface area contributed by atoms with E-state index in [4.69, 9.17) is 21.1 Å². The molecule has 1 aliphatic rings. The lowest BCUT2D eigenvalue weighted by molar-refractivity contribution is -0.153. The smallest absolute Gasteiger partial charge is 0.422 e. The second-order valence-electron chi connectivity index (χ2n) is 8.25. The molecule has 4 heterocycles. The van der Waals surface area contributed by atoms with Gasteiger partial charge in [-0.2, -0.15) is 13.2 Å². The van der Waals surface area contributed by atoms with E-state index in [2.05, 4.69) is 20.3 Å². The van der Waals surface area contributed by atoms with Crippen LogP contribution >= 0.6 is 11.6 Å². The first kappa shape index (κ1) is 25.0. The number of hydrogen-bond acceptors (Lipinski definition) is 8. The van der Waals surface area contributed by atoms with Crippen molar-refractivity contribution in [3.63, 3.8) is 0 Å². The molecule has 0 radical (unpaired) electrons. The number of carbonyl (C=O) groups is 1. The molecular weight excluding hydrogens is 515 g/mol. The largest absolute Gasteiger partial charge is 0.478 e. The highest BCUT2D eigenvalue weighted by Crippen LogP contribution is 2.32. The summed E-state index contributed by atoms with van der Waals surface area (Å²) in [5, 5.41) is 2.89. The van der Waals surface area contributed by atoms with E-state index in [-0.39, 0.29) is 39.7 Å². The van der Waals surface area contributed by atoms with E-state index in [9.17, 15) is 26.4 Å². The molecule has 0 aromatic carbocycles. The molecule has 15 heteroatoms. The number of sulfone groups is 1. The SMILES string of the molecule is CC1(NC(=O)c2cn3cc(Oc4ncc(Cl)cc4OCC(F)(F)F)ncc3n2)CCS(=O)(=O)CC1. The number of alkyl halides is 3. The Morgan fingerprint density at radius 2 is 1.94 bits per heavy atom. The van der Waals surface area contributed by atoms with Crippen LogP contribution in [-0.4, -0.2) is 63.5 Å². The minimum absolute atomic E-state index is 0.00697. The van der Waals surface area contributed by atoms with Gasteiger partial charge in [-0.3, -0.25) is 9.20 Å². The first-order chi connectivity index (χ1) is 16.3. The van der Waals surface area contributed by atoms with Crippen LogP contribution in [0.2, 0.25) is 5.02 Å². The van der Waals surface area contributed by atoms with Gasteiger partial charge in [0, 0.05) is 24.0 Å². The van der Waals surface area contributed by atoms with Crippen LogP contribution in [0.5, 0.6) is 17.5 Å². The van der Waals surface area contributed by atoms with Crippen LogP contribution in [-0.2, 0) is 9.84 Å². The summed E-state index contributed by atoms with van der Waals surface area (Å²) in [5.41, 5.74) is -0.313. The Bertz CT molecular complexity index is 1370. The summed E-state index contributed by atoms with van der Waals surface area (Å²) in [7, 11) is -3.09. The van der Waals surface area contributed by atoms with Gasteiger partial charge < -0.3 is 14.8 Å². The molecule has 0 spiro atoms. The lowest BCUT2D eigenvalue weighted by Crippen LogP contribution is -2.51. The van der Waals surface area contributed by atoms with Crippen LogP contribution in [0.15, 0.2) is 30.9 Å². The second kappa shape index (κ2) is 9.15. The molecule has 4 rings (SSSR count). The molecule has 3 aromatic heterocycles. The fourth-order valence-electron chi connectivity index (χ4n) is 3.34. The molecule has 0 atom stereocenters. The molecule has 10 nitrogen and oxygen atoms in total. The normalized spacial score (nSPS) is 17.2. The van der Waals surface area contributed by atoms with Gasteiger partial charge in [-0.25, -0.2) is 23.4 Å². The van der Waals surface area contributed by atoms with Gasteiger partial charge in [0.2, 0.25) is 5.88 Å². The average molecular weight is 534 g/mol. The Labute approximate surface area is 202 Å². The maximum atomic E-state index is 12.7. The maximum Gasteiger partial charge on any atom is 0.422 e. The highest BCUT2D eigenvalue weighted by Gasteiger charge is 2.35. The fraction of sp³-hybridized carbons (Fsp3) is 0.400. The van der Waals surface area contributed by atoms with Gasteiger partial charge in [-0.05, 0) is 19.8 Å². The van der Waals surface area contributed by atoms with Crippen molar-refractivity contribution in [1.29, 1.82) is 0 Å². The Hall–Kier alpha value is -3.13. The van der Waals surface area contributed by atoms with E-state index < -0.39 is 34.1 Å². The number of pyridine rings is 1. The molecule has 0 aliphatic carbocycles. The van der Waals surface area contributed by atoms with Crippen LogP contribution in [0, 0.1) is 0 Å². The topological polar surface area (TPSA) is 125 Å². The summed E-state index contributed by atoms with van der Waals surface area (Å²) in [4.78, 5) is 24.8. The van der Waals surface area contributed by atoms with Crippen molar-refractivity contribution in [2.45, 2.75) is 31.5 Å². The number of nitrogens with zero attached hydrogens (tertiary/aromatic N) is 4. The van der Waals surface area contributed by atoms with E-state index in [1.165, 1.54) is 29.2 Å². The van der Waals surface area contributed by atoms with Gasteiger partial charge in [0.1, 0.15) is 15.5 Å². The van der Waals surface area contributed by atoms with Crippen LogP contribution in [0.4, 0.5) is 13.2 Å². The van der Waals surface area contributed by atoms with Crippen molar-refractivity contribution in [3.8, 4) is 17.5 Å². The van der Waals surface area contributed by atoms with E-state index in [0.29, 0.717) is 18.5 Å². The van der Waals surface area contributed by atoms with Crippen LogP contribution in [0.1, 0.15) is 30.3 Å². The Kier molecular flexibility index (Phi) is 6.53. The second-order valence-corrected chi connectivity index (χ2v) is 11.0. The number of hydrogen-bond donors (Lipinski definition) is 1. The standard InChI is InChI=1S/C20H19ClF3N5O5S/c1-19(2-4-35(31,32)5-3-19)28-17(30)13-9-29-10-16(25-8-15(29)27-13)34-18-14(6-12(21)7-26-18)33-11-20(22,23)24/h6-10H,2-5,11H2,1H3,(H,28,30). The number of nitrogens with one attached hydrogen (secondary N) is 1. The summed E-state index contributed by atoms with van der Waals surface area (Å²) >= 11 is 5.80. The lowest BCUT2D eigenvalue weighted by Gasteiger charge is -2.34. The van der Waals surface area contributed by atoms with E-state index in [0.717, 1.165) is 6.07 Å². The number of carbonyl (C=O) groups excluding carboxylic acids is 1. The van der Waals surface area contributed by atoms with E-state index in [1.54, 1.807) is 6.92 Å². The summed E-state index contributed by atoms with van der Waals surface area (Å²) in [5.74, 6) is -1.17. The zero-order valence-electron chi connectivity index (χ0n) is 18.2. The molecule has 1 amide bonds. The van der Waals surface area contributed by atoms with Crippen molar-refractivity contribution in [3.05, 3.63) is 41.6 Å². The van der Waals surface area contributed by atoms with Crippen molar-refractivity contribution in [2.75, 3.05) is 18.1 Å². The molecule has 35 heavy (non-hydrogen) atoms. The summed E-state index contributed by atoms with van der Waals surface area (Å²) < 4.78 is 72.7. The third-order valence-corrected chi connectivity index (χ3v) is 7.13. The quantitative estimate of drug-likeness (QED) is 0.512. The zero-order valence-corrected chi connectivity index (χ0v) is 19.7. The third kappa shape index (κ3) is 6.31. The highest BCUT2D eigenvalue weighted by molar-refractivity contribution is 7.91. The van der Waals surface area contributed by atoms with Crippen LogP contribution in [0.3, 0.4) is 0 Å². The summed E-state index contributed by atoms with van der Waals surface area (Å²) in [6.07, 6.45) is 1.26. The molecular formula is C20H19ClF3N5O5S. The third-order valence-electron chi connectivity index (χ3n) is 5.27. The lowest BCUT2D eigenvalue weighted by atomic mass is 9.95. The van der Waals surface area contributed by atoms with E-state index >= 15 is 0 Å². The molecule has 1 N–H and O–H groups in total. The minimum atomic E-state index is -4.58. The number of rotatable bonds is 6. The van der Waals surface area contributed by atoms with E-state index in [1.807, 2.05) is 0 Å². The van der Waals surface area contributed by atoms with Crippen molar-refractivity contribution in [1.82, 2.24) is 24.7 Å². The minimum Gasteiger partial charge on any atom is -0.478 e. The molecule has 0 saturated carbocycles. The number of halogens is 4. The number of fused-ring (bicyclic) bond motifs is 1. The number of ether oxygens (including phenoxy) is 2. The van der Waals surface area contributed by atoms with Crippen molar-refractivity contribution < 1.29 is 35.9 Å². The summed E-state index contributed by atoms with van der Waals surface area (Å²) in [6, 6.07) is 1.13. The first-order valence-corrected chi connectivity index (χ1v) is 12.4. The average Bonchev–Trinajstić information content (AvgIpc) is 3.19. The van der Waals surface area contributed by atoms with Gasteiger partial charge in [0.05, 0.1) is 28.9 Å². The molecule has 1 fully saturated rings. The predicted molar refractivity (Wildman–Crippen MR) is 118 cm³/mol. The first-order valence-electron chi connectivity index (χ1n) is 10.2.